The van der Waals surface area contributed by atoms with Gasteiger partial charge in [0.2, 0.25) is 0 Å². The van der Waals surface area contributed by atoms with E-state index in [1.807, 2.05) is 0 Å². The third-order valence-electron chi connectivity index (χ3n) is 6.61. The average Bonchev–Trinajstić information content (AvgIpc) is 3.34. The van der Waals surface area contributed by atoms with Crippen molar-refractivity contribution in [2.75, 3.05) is 12.4 Å². The highest BCUT2D eigenvalue weighted by Crippen LogP contribution is 2.51. The summed E-state index contributed by atoms with van der Waals surface area (Å²) in [5, 5.41) is 2.48. The molecule has 0 radical (unpaired) electrons. The molecule has 1 saturated heterocycles. The van der Waals surface area contributed by atoms with Crippen molar-refractivity contribution in [1.29, 1.82) is 0 Å². The normalized spacial score (nSPS) is 22.8. The van der Waals surface area contributed by atoms with Gasteiger partial charge in [0.15, 0.2) is 16.4 Å². The summed E-state index contributed by atoms with van der Waals surface area (Å²) in [4.78, 5) is 24.7. The molecule has 8 nitrogen and oxygen atoms in total. The molecule has 0 aliphatic carbocycles. The number of alkyl halides is 3. The molecule has 1 fully saturated rings. The number of hydrogen-bond donors (Lipinski definition) is 1. The number of nitrogens with zero attached hydrogens (tertiary/aromatic N) is 3. The Morgan fingerprint density at radius 2 is 1.88 bits per heavy atom. The van der Waals surface area contributed by atoms with Gasteiger partial charge < -0.3 is 10.1 Å². The summed E-state index contributed by atoms with van der Waals surface area (Å²) >= 11 is 6.47. The van der Waals surface area contributed by atoms with E-state index in [4.69, 9.17) is 16.3 Å². The Labute approximate surface area is 245 Å². The lowest BCUT2D eigenvalue weighted by atomic mass is 9.80. The van der Waals surface area contributed by atoms with Crippen LogP contribution in [0.15, 0.2) is 65.9 Å². The number of carbonyl (C=O) groups is 1. The van der Waals surface area contributed by atoms with Crippen molar-refractivity contribution in [3.05, 3.63) is 94.3 Å². The van der Waals surface area contributed by atoms with Crippen LogP contribution in [0.4, 0.5) is 22.0 Å². The Kier molecular flexibility index (Phi) is 8.13. The van der Waals surface area contributed by atoms with Gasteiger partial charge in [-0.1, -0.05) is 47.6 Å². The minimum absolute atomic E-state index is 0.0218. The summed E-state index contributed by atoms with van der Waals surface area (Å²) in [7, 11) is -5.87. The Bertz CT molecular complexity index is 1690. The Morgan fingerprint density at radius 1 is 1.14 bits per heavy atom. The highest BCUT2D eigenvalue weighted by molar-refractivity contribution is 8.14. The maximum atomic E-state index is 15.5. The number of fused-ring (bicyclic) bond motifs is 1. The van der Waals surface area contributed by atoms with Crippen LogP contribution in [-0.2, 0) is 20.1 Å². The zero-order chi connectivity index (χ0) is 30.3. The van der Waals surface area contributed by atoms with Crippen molar-refractivity contribution < 1.29 is 39.9 Å². The van der Waals surface area contributed by atoms with Gasteiger partial charge in [0.1, 0.15) is 22.2 Å². The van der Waals surface area contributed by atoms with Crippen LogP contribution < -0.4 is 5.32 Å². The van der Waals surface area contributed by atoms with Crippen LogP contribution >= 0.6 is 23.4 Å². The number of rotatable bonds is 5. The van der Waals surface area contributed by atoms with Crippen LogP contribution in [0.1, 0.15) is 27.2 Å². The molecule has 1 aromatic heterocycles. The Hall–Kier alpha value is -3.40. The molecule has 0 spiro atoms. The van der Waals surface area contributed by atoms with Crippen molar-refractivity contribution in [2.24, 2.45) is 10.9 Å². The van der Waals surface area contributed by atoms with Crippen molar-refractivity contribution in [2.45, 2.75) is 16.5 Å². The number of halogens is 6. The number of benzene rings is 2. The van der Waals surface area contributed by atoms with Gasteiger partial charge in [-0.15, -0.1) is 0 Å². The van der Waals surface area contributed by atoms with Crippen LogP contribution in [0.25, 0.3) is 11.9 Å². The minimum atomic E-state index is -5.87. The van der Waals surface area contributed by atoms with Crippen LogP contribution in [0.3, 0.4) is 0 Å². The summed E-state index contributed by atoms with van der Waals surface area (Å²) in [6.07, 6.45) is 3.15. The number of nitrogens with one attached hydrogen (secondary N) is 1. The summed E-state index contributed by atoms with van der Waals surface area (Å²) in [5.41, 5.74) is -10.3. The van der Waals surface area contributed by atoms with E-state index in [1.165, 1.54) is 18.2 Å². The first-order valence-corrected chi connectivity index (χ1v) is 14.9. The minimum Gasteiger partial charge on any atom is -0.359 e. The fourth-order valence-corrected chi connectivity index (χ4v) is 7.25. The molecule has 3 heterocycles. The number of aliphatic imine (C=N–C) groups is 1. The summed E-state index contributed by atoms with van der Waals surface area (Å²) < 4.78 is 101. The number of thioether (sulfide) groups is 1. The molecule has 42 heavy (non-hydrogen) atoms. The van der Waals surface area contributed by atoms with Crippen LogP contribution in [0.5, 0.6) is 0 Å². The quantitative estimate of drug-likeness (QED) is 0.372. The molecule has 1 amide bonds. The molecule has 0 bridgehead atoms. The average molecular weight is 645 g/mol. The monoisotopic (exact) mass is 644 g/mol. The first-order valence-electron chi connectivity index (χ1n) is 12.0. The van der Waals surface area contributed by atoms with Gasteiger partial charge in [-0.3, -0.25) is 4.79 Å². The topological polar surface area (TPSA) is 111 Å². The van der Waals surface area contributed by atoms with E-state index in [0.717, 1.165) is 42.4 Å². The summed E-state index contributed by atoms with van der Waals surface area (Å²) in [6.45, 7) is -0.766. The van der Waals surface area contributed by atoms with Crippen LogP contribution in [-0.4, -0.2) is 52.8 Å². The Morgan fingerprint density at radius 3 is 2.55 bits per heavy atom. The highest BCUT2D eigenvalue weighted by Gasteiger charge is 2.64. The molecular weight excluding hydrogens is 627 g/mol. The van der Waals surface area contributed by atoms with E-state index in [-0.39, 0.29) is 38.5 Å². The lowest BCUT2D eigenvalue weighted by Gasteiger charge is -2.36. The standard InChI is InChI=1S/C26H18ClF5N4O4S2/c27-21-11-33-20(10-34-21)19(29)9-14-6-7-18(28)16(8-14)25-13-40-23(42(38,39)26(30,31)32)17(25)12-41-24(36-25)35-22(37)15-4-2-1-3-5-15/h1-11,17,23H,12-13H2,(H,35,36,37)/b19-9-/t17-,23-,25+/m0/s1. The van der Waals surface area contributed by atoms with Gasteiger partial charge in [0.25, 0.3) is 15.7 Å². The van der Waals surface area contributed by atoms with E-state index in [9.17, 15) is 30.8 Å². The lowest BCUT2D eigenvalue weighted by molar-refractivity contribution is -0.0489. The van der Waals surface area contributed by atoms with Crippen molar-refractivity contribution in [1.82, 2.24) is 15.3 Å². The maximum absolute atomic E-state index is 15.5. The van der Waals surface area contributed by atoms with E-state index >= 15 is 4.39 Å². The van der Waals surface area contributed by atoms with Gasteiger partial charge in [0, 0.05) is 22.8 Å². The maximum Gasteiger partial charge on any atom is 0.499 e. The summed E-state index contributed by atoms with van der Waals surface area (Å²) in [6, 6.07) is 11.2. The SMILES string of the molecule is O=C(NC1=N[C@@]2(c3cc(/C=C(\F)c4cnc(Cl)cn4)ccc3F)CO[C@@H](S(=O)(=O)C(F)(F)F)[C@@H]2CS1)c1ccccc1. The van der Waals surface area contributed by atoms with E-state index < -0.39 is 56.4 Å². The van der Waals surface area contributed by atoms with Crippen molar-refractivity contribution in [3.8, 4) is 0 Å². The first kappa shape index (κ1) is 30.1. The second-order valence-corrected chi connectivity index (χ2v) is 12.6. The van der Waals surface area contributed by atoms with Crippen LogP contribution in [0.2, 0.25) is 5.15 Å². The number of amidine groups is 1. The first-order chi connectivity index (χ1) is 19.8. The molecule has 16 heteroatoms. The largest absolute Gasteiger partial charge is 0.499 e. The molecule has 2 aromatic carbocycles. The van der Waals surface area contributed by atoms with Crippen molar-refractivity contribution in [3.63, 3.8) is 0 Å². The molecule has 0 saturated carbocycles. The zero-order valence-corrected chi connectivity index (χ0v) is 23.4. The number of sulfone groups is 1. The molecule has 5 rings (SSSR count). The predicted octanol–water partition coefficient (Wildman–Crippen LogP) is 5.37. The third kappa shape index (κ3) is 5.65. The fraction of sp³-hybridized carbons (Fsp3) is 0.231. The van der Waals surface area contributed by atoms with Gasteiger partial charge >= 0.3 is 5.51 Å². The molecule has 0 unspecified atom stereocenters. The lowest BCUT2D eigenvalue weighted by Crippen LogP contribution is -2.47. The van der Waals surface area contributed by atoms with Gasteiger partial charge in [0.05, 0.1) is 19.0 Å². The van der Waals surface area contributed by atoms with Crippen LogP contribution in [0, 0.1) is 11.7 Å². The molecule has 2 aliphatic rings. The Balaban J connectivity index is 1.60. The molecule has 3 atom stereocenters. The van der Waals surface area contributed by atoms with E-state index in [1.54, 1.807) is 18.2 Å². The molecule has 1 N–H and O–H groups in total. The highest BCUT2D eigenvalue weighted by atomic mass is 35.5. The smallest absolute Gasteiger partial charge is 0.359 e. The molecule has 3 aromatic rings. The number of ether oxygens (including phenoxy) is 1. The molecule has 2 aliphatic heterocycles. The second kappa shape index (κ2) is 11.4. The number of amides is 1. The van der Waals surface area contributed by atoms with E-state index in [0.29, 0.717) is 0 Å². The number of aromatic nitrogens is 2. The van der Waals surface area contributed by atoms with Gasteiger partial charge in [-0.25, -0.2) is 32.2 Å². The molecule has 220 valence electrons. The molecular formula is C26H18ClF5N4O4S2. The third-order valence-corrected chi connectivity index (χ3v) is 9.52. The predicted molar refractivity (Wildman–Crippen MR) is 146 cm³/mol. The van der Waals surface area contributed by atoms with Crippen molar-refractivity contribution >= 4 is 56.2 Å². The second-order valence-electron chi connectivity index (χ2n) is 9.20. The van der Waals surface area contributed by atoms with E-state index in [2.05, 4.69) is 20.3 Å². The summed E-state index contributed by atoms with van der Waals surface area (Å²) in [5.74, 6) is -4.29. The zero-order valence-electron chi connectivity index (χ0n) is 21.0. The fourth-order valence-electron chi connectivity index (χ4n) is 4.59. The number of hydrogen-bond acceptors (Lipinski definition) is 8. The van der Waals surface area contributed by atoms with Gasteiger partial charge in [-0.2, -0.15) is 13.2 Å². The number of carbonyl (C=O) groups excluding carboxylic acids is 1. The van der Waals surface area contributed by atoms with Gasteiger partial charge in [-0.05, 0) is 35.9 Å².